The van der Waals surface area contributed by atoms with Gasteiger partial charge in [0.1, 0.15) is 19.8 Å². The van der Waals surface area contributed by atoms with E-state index in [4.69, 9.17) is 14.2 Å². The smallest absolute Gasteiger partial charge is 0.331 e. The zero-order valence-corrected chi connectivity index (χ0v) is 12.7. The number of allylic oxidation sites excluding steroid dienone is 3. The van der Waals surface area contributed by atoms with Crippen molar-refractivity contribution in [3.05, 3.63) is 46.5 Å². The molecule has 1 aliphatic heterocycles. The molecule has 1 heterocycles. The first-order valence-corrected chi connectivity index (χ1v) is 7.04. The van der Waals surface area contributed by atoms with Crippen molar-refractivity contribution in [2.45, 2.75) is 13.5 Å². The summed E-state index contributed by atoms with van der Waals surface area (Å²) in [7, 11) is 0. The van der Waals surface area contributed by atoms with Crippen LogP contribution in [-0.2, 0) is 16.1 Å². The van der Waals surface area contributed by atoms with Gasteiger partial charge in [-0.3, -0.25) is 0 Å². The van der Waals surface area contributed by atoms with Gasteiger partial charge in [-0.2, -0.15) is 0 Å². The molecule has 0 radical (unpaired) electrons. The van der Waals surface area contributed by atoms with Crippen molar-refractivity contribution in [3.63, 3.8) is 0 Å². The van der Waals surface area contributed by atoms with Gasteiger partial charge in [-0.05, 0) is 19.1 Å². The van der Waals surface area contributed by atoms with Crippen molar-refractivity contribution in [3.8, 4) is 11.5 Å². The average molecular weight is 339 g/mol. The minimum atomic E-state index is -0.384. The number of carbonyl (C=O) groups excluding carboxylic acids is 1. The summed E-state index contributed by atoms with van der Waals surface area (Å²) in [6.45, 7) is 3.13. The third-order valence-corrected chi connectivity index (χ3v) is 3.36. The minimum absolute atomic E-state index is 0.177. The van der Waals surface area contributed by atoms with Crippen LogP contribution in [0.2, 0.25) is 0 Å². The van der Waals surface area contributed by atoms with Crippen molar-refractivity contribution < 1.29 is 19.0 Å². The molecule has 0 atom stereocenters. The molecule has 0 N–H and O–H groups in total. The van der Waals surface area contributed by atoms with E-state index in [0.29, 0.717) is 24.7 Å². The molecule has 106 valence electrons. The summed E-state index contributed by atoms with van der Waals surface area (Å²) in [6.07, 6.45) is 6.62. The third-order valence-electron chi connectivity index (χ3n) is 2.62. The largest absolute Gasteiger partial charge is 0.486 e. The lowest BCUT2D eigenvalue weighted by Crippen LogP contribution is -2.15. The van der Waals surface area contributed by atoms with E-state index < -0.39 is 0 Å². The maximum atomic E-state index is 11.5. The van der Waals surface area contributed by atoms with Gasteiger partial charge in [0.25, 0.3) is 0 Å². The van der Waals surface area contributed by atoms with Crippen molar-refractivity contribution in [2.24, 2.45) is 0 Å². The maximum Gasteiger partial charge on any atom is 0.331 e. The molecule has 0 spiro atoms. The normalized spacial score (nSPS) is 13.9. The van der Waals surface area contributed by atoms with Crippen LogP contribution in [0.1, 0.15) is 12.5 Å². The first-order chi connectivity index (χ1) is 9.70. The van der Waals surface area contributed by atoms with Gasteiger partial charge in [0, 0.05) is 16.1 Å². The number of ether oxygens (including phenoxy) is 3. The van der Waals surface area contributed by atoms with E-state index in [-0.39, 0.29) is 12.6 Å². The van der Waals surface area contributed by atoms with Crippen molar-refractivity contribution in [1.82, 2.24) is 0 Å². The van der Waals surface area contributed by atoms with E-state index >= 15 is 0 Å². The first kappa shape index (κ1) is 14.7. The summed E-state index contributed by atoms with van der Waals surface area (Å²) >= 11 is 3.43. The standard InChI is InChI=1S/C15H15BrO4/c1-2-3-4-5-15(17)20-10-11-8-13-14(9-12(11)16)19-7-6-18-13/h2-5,8-9H,6-7,10H2,1H3/b3-2+,5-4+. The molecule has 2 rings (SSSR count). The Morgan fingerprint density at radius 3 is 2.70 bits per heavy atom. The summed E-state index contributed by atoms with van der Waals surface area (Å²) in [5.74, 6) is 0.992. The van der Waals surface area contributed by atoms with Crippen LogP contribution in [0.4, 0.5) is 0 Å². The predicted octanol–water partition coefficient (Wildman–Crippen LogP) is 3.40. The number of esters is 1. The Kier molecular flexibility index (Phi) is 5.24. The molecule has 0 fully saturated rings. The van der Waals surface area contributed by atoms with Crippen LogP contribution < -0.4 is 9.47 Å². The van der Waals surface area contributed by atoms with E-state index in [0.717, 1.165) is 10.0 Å². The van der Waals surface area contributed by atoms with Crippen LogP contribution >= 0.6 is 15.9 Å². The monoisotopic (exact) mass is 338 g/mol. The van der Waals surface area contributed by atoms with Gasteiger partial charge in [-0.25, -0.2) is 4.79 Å². The molecular weight excluding hydrogens is 324 g/mol. The number of rotatable bonds is 4. The number of benzene rings is 1. The van der Waals surface area contributed by atoms with E-state index in [1.807, 2.05) is 25.1 Å². The molecule has 1 aromatic carbocycles. The highest BCUT2D eigenvalue weighted by molar-refractivity contribution is 9.10. The Morgan fingerprint density at radius 2 is 2.00 bits per heavy atom. The van der Waals surface area contributed by atoms with Crippen LogP contribution in [-0.4, -0.2) is 19.2 Å². The number of carbonyl (C=O) groups is 1. The van der Waals surface area contributed by atoms with E-state index in [9.17, 15) is 4.79 Å². The van der Waals surface area contributed by atoms with Crippen LogP contribution in [0.15, 0.2) is 40.9 Å². The Balaban J connectivity index is 2.01. The van der Waals surface area contributed by atoms with Gasteiger partial charge in [0.05, 0.1) is 0 Å². The molecule has 20 heavy (non-hydrogen) atoms. The highest BCUT2D eigenvalue weighted by Gasteiger charge is 2.15. The van der Waals surface area contributed by atoms with Crippen molar-refractivity contribution in [2.75, 3.05) is 13.2 Å². The third kappa shape index (κ3) is 3.87. The maximum absolute atomic E-state index is 11.5. The summed E-state index contributed by atoms with van der Waals surface area (Å²) in [4.78, 5) is 11.5. The molecule has 5 heteroatoms. The van der Waals surface area contributed by atoms with Gasteiger partial charge in [-0.15, -0.1) is 0 Å². The van der Waals surface area contributed by atoms with Gasteiger partial charge < -0.3 is 14.2 Å². The molecule has 0 saturated heterocycles. The highest BCUT2D eigenvalue weighted by Crippen LogP contribution is 2.35. The second-order valence-electron chi connectivity index (χ2n) is 4.08. The van der Waals surface area contributed by atoms with Crippen LogP contribution in [0.5, 0.6) is 11.5 Å². The Morgan fingerprint density at radius 1 is 1.30 bits per heavy atom. The van der Waals surface area contributed by atoms with Crippen LogP contribution in [0.25, 0.3) is 0 Å². The molecule has 0 unspecified atom stereocenters. The summed E-state index contributed by atoms with van der Waals surface area (Å²) < 4.78 is 17.0. The fourth-order valence-electron chi connectivity index (χ4n) is 1.66. The molecule has 0 aliphatic carbocycles. The summed E-state index contributed by atoms with van der Waals surface area (Å²) in [5.41, 5.74) is 0.835. The van der Waals surface area contributed by atoms with Gasteiger partial charge in [-0.1, -0.05) is 34.2 Å². The van der Waals surface area contributed by atoms with Crippen molar-refractivity contribution >= 4 is 21.9 Å². The molecule has 0 bridgehead atoms. The molecule has 1 aromatic rings. The quantitative estimate of drug-likeness (QED) is 0.479. The lowest BCUT2D eigenvalue weighted by Gasteiger charge is -2.19. The zero-order chi connectivity index (χ0) is 14.4. The Labute approximate surface area is 126 Å². The van der Waals surface area contributed by atoms with Crippen LogP contribution in [0, 0.1) is 0 Å². The Bertz CT molecular complexity index is 549. The molecule has 4 nitrogen and oxygen atoms in total. The average Bonchev–Trinajstić information content (AvgIpc) is 2.45. The number of fused-ring (bicyclic) bond motifs is 1. The fourth-order valence-corrected chi connectivity index (χ4v) is 2.10. The first-order valence-electron chi connectivity index (χ1n) is 6.25. The Hall–Kier alpha value is -1.75. The fraction of sp³-hybridized carbons (Fsp3) is 0.267. The second-order valence-corrected chi connectivity index (χ2v) is 4.93. The molecule has 0 saturated carbocycles. The van der Waals surface area contributed by atoms with Gasteiger partial charge in [0.15, 0.2) is 11.5 Å². The molecule has 1 aliphatic rings. The number of hydrogen-bond acceptors (Lipinski definition) is 4. The predicted molar refractivity (Wildman–Crippen MR) is 78.9 cm³/mol. The van der Waals surface area contributed by atoms with Crippen molar-refractivity contribution in [1.29, 1.82) is 0 Å². The topological polar surface area (TPSA) is 44.8 Å². The van der Waals surface area contributed by atoms with E-state index in [1.54, 1.807) is 12.2 Å². The SMILES string of the molecule is C/C=C/C=C/C(=O)OCc1cc2c(cc1Br)OCCO2. The summed E-state index contributed by atoms with van der Waals surface area (Å²) in [6, 6.07) is 3.65. The molecule has 0 amide bonds. The van der Waals surface area contributed by atoms with E-state index in [2.05, 4.69) is 15.9 Å². The number of hydrogen-bond donors (Lipinski definition) is 0. The molecular formula is C15H15BrO4. The minimum Gasteiger partial charge on any atom is -0.486 e. The number of halogens is 1. The highest BCUT2D eigenvalue weighted by atomic mass is 79.9. The lowest BCUT2D eigenvalue weighted by molar-refractivity contribution is -0.139. The summed E-state index contributed by atoms with van der Waals surface area (Å²) in [5, 5.41) is 0. The van der Waals surface area contributed by atoms with E-state index in [1.165, 1.54) is 6.08 Å². The van der Waals surface area contributed by atoms with Gasteiger partial charge in [0.2, 0.25) is 0 Å². The lowest BCUT2D eigenvalue weighted by atomic mass is 10.2. The van der Waals surface area contributed by atoms with Crippen LogP contribution in [0.3, 0.4) is 0 Å². The molecule has 0 aromatic heterocycles. The zero-order valence-electron chi connectivity index (χ0n) is 11.1. The van der Waals surface area contributed by atoms with Gasteiger partial charge >= 0.3 is 5.97 Å². The second kappa shape index (κ2) is 7.14.